The summed E-state index contributed by atoms with van der Waals surface area (Å²) in [5, 5.41) is 2.41. The van der Waals surface area contributed by atoms with E-state index in [1.165, 1.54) is 25.7 Å². The van der Waals surface area contributed by atoms with Gasteiger partial charge in [0, 0.05) is 25.7 Å². The number of rotatable bonds is 7. The minimum absolute atomic E-state index is 0.0285. The third kappa shape index (κ3) is 5.56. The van der Waals surface area contributed by atoms with E-state index >= 15 is 0 Å². The second-order valence-electron chi connectivity index (χ2n) is 8.43. The summed E-state index contributed by atoms with van der Waals surface area (Å²) in [4.78, 5) is 39.3. The van der Waals surface area contributed by atoms with Crippen LogP contribution in [0.5, 0.6) is 0 Å². The van der Waals surface area contributed by atoms with Crippen molar-refractivity contribution >= 4 is 18.2 Å². The van der Waals surface area contributed by atoms with Crippen molar-refractivity contribution in [1.29, 1.82) is 0 Å². The second-order valence-corrected chi connectivity index (χ2v) is 8.43. The standard InChI is InChI=1S/C21H35N3O3/c1-15(2)19(23(4)20(26)12-22-14-25)11-16(3)21(27)24-10-9-17-7-5-6-8-18(17)13-24/h11,14-15,17-19H,5-10,12-13H2,1-4H3,(H,22,25)/b16-11+/t17?,18?,19-/m1/s1. The van der Waals surface area contributed by atoms with E-state index in [4.69, 9.17) is 0 Å². The zero-order chi connectivity index (χ0) is 20.0. The highest BCUT2D eigenvalue weighted by Crippen LogP contribution is 2.36. The fourth-order valence-electron chi connectivity index (χ4n) is 4.53. The number of hydrogen-bond acceptors (Lipinski definition) is 3. The lowest BCUT2D eigenvalue weighted by molar-refractivity contribution is -0.132. The number of hydrogen-bond donors (Lipinski definition) is 1. The molecule has 27 heavy (non-hydrogen) atoms. The monoisotopic (exact) mass is 377 g/mol. The van der Waals surface area contributed by atoms with Gasteiger partial charge in [0.05, 0.1) is 12.6 Å². The van der Waals surface area contributed by atoms with Gasteiger partial charge in [-0.15, -0.1) is 0 Å². The molecule has 0 aromatic heterocycles. The smallest absolute Gasteiger partial charge is 0.249 e. The molecular formula is C21H35N3O3. The fourth-order valence-corrected chi connectivity index (χ4v) is 4.53. The third-order valence-electron chi connectivity index (χ3n) is 6.20. The van der Waals surface area contributed by atoms with Crippen LogP contribution in [0.15, 0.2) is 11.6 Å². The summed E-state index contributed by atoms with van der Waals surface area (Å²) in [6.07, 6.45) is 8.74. The quantitative estimate of drug-likeness (QED) is 0.546. The number of amides is 3. The summed E-state index contributed by atoms with van der Waals surface area (Å²) in [5.74, 6) is 1.55. The molecule has 0 bridgehead atoms. The summed E-state index contributed by atoms with van der Waals surface area (Å²) < 4.78 is 0. The van der Waals surface area contributed by atoms with Gasteiger partial charge in [-0.25, -0.2) is 0 Å². The minimum atomic E-state index is -0.179. The molecule has 152 valence electrons. The Labute approximate surface area is 163 Å². The summed E-state index contributed by atoms with van der Waals surface area (Å²) >= 11 is 0. The number of fused-ring (bicyclic) bond motifs is 1. The molecular weight excluding hydrogens is 342 g/mol. The molecule has 2 fully saturated rings. The SMILES string of the molecule is C/C(=C\[C@H](C(C)C)N(C)C(=O)CNC=O)C(=O)N1CCC2CCCCC2C1. The number of nitrogens with zero attached hydrogens (tertiary/aromatic N) is 2. The molecule has 0 aromatic carbocycles. The van der Waals surface area contributed by atoms with Crippen LogP contribution in [0.3, 0.4) is 0 Å². The Balaban J connectivity index is 2.04. The Bertz CT molecular complexity index is 573. The molecule has 1 saturated carbocycles. The molecule has 3 amide bonds. The molecule has 2 rings (SSSR count). The number of likely N-dealkylation sites (N-methyl/N-ethyl adjacent to an activating group) is 1. The Kier molecular flexibility index (Phi) is 7.87. The van der Waals surface area contributed by atoms with Crippen LogP contribution in [0.4, 0.5) is 0 Å². The Morgan fingerprint density at radius 1 is 1.19 bits per heavy atom. The highest BCUT2D eigenvalue weighted by molar-refractivity contribution is 5.93. The fraction of sp³-hybridized carbons (Fsp3) is 0.762. The highest BCUT2D eigenvalue weighted by atomic mass is 16.2. The summed E-state index contributed by atoms with van der Waals surface area (Å²) in [6, 6.07) is -0.179. The minimum Gasteiger partial charge on any atom is -0.350 e. The van der Waals surface area contributed by atoms with Gasteiger partial charge in [-0.05, 0) is 37.5 Å². The average Bonchev–Trinajstić information content (AvgIpc) is 2.68. The average molecular weight is 378 g/mol. The lowest BCUT2D eigenvalue weighted by Gasteiger charge is -2.41. The highest BCUT2D eigenvalue weighted by Gasteiger charge is 2.33. The van der Waals surface area contributed by atoms with Crippen LogP contribution in [-0.2, 0) is 14.4 Å². The zero-order valence-corrected chi connectivity index (χ0v) is 17.2. The maximum Gasteiger partial charge on any atom is 0.249 e. The van der Waals surface area contributed by atoms with Crippen LogP contribution in [0.25, 0.3) is 0 Å². The van der Waals surface area contributed by atoms with Gasteiger partial charge in [-0.2, -0.15) is 0 Å². The van der Waals surface area contributed by atoms with Crippen molar-refractivity contribution in [2.24, 2.45) is 17.8 Å². The summed E-state index contributed by atoms with van der Waals surface area (Å²) in [6.45, 7) is 7.60. The molecule has 1 saturated heterocycles. The van der Waals surface area contributed by atoms with Crippen molar-refractivity contribution in [3.8, 4) is 0 Å². The molecule has 0 radical (unpaired) electrons. The van der Waals surface area contributed by atoms with Crippen LogP contribution < -0.4 is 5.32 Å². The van der Waals surface area contributed by atoms with E-state index in [0.29, 0.717) is 17.9 Å². The molecule has 1 heterocycles. The topological polar surface area (TPSA) is 69.7 Å². The molecule has 3 atom stereocenters. The molecule has 6 heteroatoms. The molecule has 0 aromatic rings. The molecule has 2 aliphatic rings. The maximum atomic E-state index is 13.0. The van der Waals surface area contributed by atoms with Crippen molar-refractivity contribution in [3.63, 3.8) is 0 Å². The van der Waals surface area contributed by atoms with Gasteiger partial charge in [0.15, 0.2) is 0 Å². The van der Waals surface area contributed by atoms with Gasteiger partial charge >= 0.3 is 0 Å². The predicted octanol–water partition coefficient (Wildman–Crippen LogP) is 2.20. The van der Waals surface area contributed by atoms with E-state index in [1.807, 2.05) is 31.7 Å². The number of nitrogens with one attached hydrogen (secondary N) is 1. The van der Waals surface area contributed by atoms with E-state index in [2.05, 4.69) is 5.32 Å². The van der Waals surface area contributed by atoms with Crippen molar-refractivity contribution in [1.82, 2.24) is 15.1 Å². The van der Waals surface area contributed by atoms with Gasteiger partial charge in [0.1, 0.15) is 0 Å². The molecule has 6 nitrogen and oxygen atoms in total. The Morgan fingerprint density at radius 3 is 2.48 bits per heavy atom. The van der Waals surface area contributed by atoms with Gasteiger partial charge < -0.3 is 15.1 Å². The number of carbonyl (C=O) groups is 3. The number of likely N-dealkylation sites (tertiary alicyclic amines) is 1. The first-order chi connectivity index (χ1) is 12.8. The van der Waals surface area contributed by atoms with Gasteiger partial charge in [0.2, 0.25) is 18.2 Å². The van der Waals surface area contributed by atoms with Crippen LogP contribution in [-0.4, -0.2) is 60.7 Å². The first kappa shape index (κ1) is 21.5. The predicted molar refractivity (Wildman–Crippen MR) is 106 cm³/mol. The molecule has 2 unspecified atom stereocenters. The van der Waals surface area contributed by atoms with Crippen LogP contribution >= 0.6 is 0 Å². The molecule has 1 aliphatic heterocycles. The Morgan fingerprint density at radius 2 is 1.85 bits per heavy atom. The third-order valence-corrected chi connectivity index (χ3v) is 6.20. The van der Waals surface area contributed by atoms with Crippen molar-refractivity contribution < 1.29 is 14.4 Å². The lowest BCUT2D eigenvalue weighted by Crippen LogP contribution is -2.46. The van der Waals surface area contributed by atoms with Crippen molar-refractivity contribution in [3.05, 3.63) is 11.6 Å². The molecule has 0 spiro atoms. The lowest BCUT2D eigenvalue weighted by atomic mass is 9.75. The van der Waals surface area contributed by atoms with Gasteiger partial charge in [-0.3, -0.25) is 14.4 Å². The number of carbonyl (C=O) groups excluding carboxylic acids is 3. The molecule has 1 aliphatic carbocycles. The van der Waals surface area contributed by atoms with Crippen LogP contribution in [0.2, 0.25) is 0 Å². The van der Waals surface area contributed by atoms with E-state index in [1.54, 1.807) is 11.9 Å². The van der Waals surface area contributed by atoms with Gasteiger partial charge in [0.25, 0.3) is 0 Å². The van der Waals surface area contributed by atoms with Crippen molar-refractivity contribution in [2.75, 3.05) is 26.7 Å². The second kappa shape index (κ2) is 9.90. The van der Waals surface area contributed by atoms with E-state index < -0.39 is 0 Å². The van der Waals surface area contributed by atoms with E-state index in [0.717, 1.165) is 25.4 Å². The first-order valence-corrected chi connectivity index (χ1v) is 10.3. The van der Waals surface area contributed by atoms with E-state index in [-0.39, 0.29) is 30.3 Å². The summed E-state index contributed by atoms with van der Waals surface area (Å²) in [5.41, 5.74) is 0.700. The summed E-state index contributed by atoms with van der Waals surface area (Å²) in [7, 11) is 1.72. The van der Waals surface area contributed by atoms with Crippen LogP contribution in [0, 0.1) is 17.8 Å². The first-order valence-electron chi connectivity index (χ1n) is 10.3. The molecule has 1 N–H and O–H groups in total. The normalized spacial score (nSPS) is 24.2. The van der Waals surface area contributed by atoms with E-state index in [9.17, 15) is 14.4 Å². The largest absolute Gasteiger partial charge is 0.350 e. The van der Waals surface area contributed by atoms with Gasteiger partial charge in [-0.1, -0.05) is 39.2 Å². The number of piperidine rings is 1. The van der Waals surface area contributed by atoms with Crippen LogP contribution in [0.1, 0.15) is 52.9 Å². The Hall–Kier alpha value is -1.85. The zero-order valence-electron chi connectivity index (χ0n) is 17.2. The van der Waals surface area contributed by atoms with Crippen molar-refractivity contribution in [2.45, 2.75) is 58.9 Å². The maximum absolute atomic E-state index is 13.0.